The Morgan fingerprint density at radius 2 is 2.19 bits per heavy atom. The lowest BCUT2D eigenvalue weighted by atomic mass is 9.89. The second-order valence-corrected chi connectivity index (χ2v) is 4.52. The molecule has 0 bridgehead atoms. The van der Waals surface area contributed by atoms with Gasteiger partial charge in [0.25, 0.3) is 0 Å². The Kier molecular flexibility index (Phi) is 3.72. The molecule has 1 aliphatic rings. The van der Waals surface area contributed by atoms with Gasteiger partial charge in [-0.15, -0.1) is 0 Å². The number of hydrogen-bond donors (Lipinski definition) is 1. The molecule has 4 nitrogen and oxygen atoms in total. The van der Waals surface area contributed by atoms with Crippen molar-refractivity contribution in [2.45, 2.75) is 45.3 Å². The van der Waals surface area contributed by atoms with E-state index in [2.05, 4.69) is 16.9 Å². The third-order valence-electron chi connectivity index (χ3n) is 3.10. The van der Waals surface area contributed by atoms with Crippen molar-refractivity contribution < 1.29 is 4.74 Å². The summed E-state index contributed by atoms with van der Waals surface area (Å²) < 4.78 is 5.89. The van der Waals surface area contributed by atoms with Gasteiger partial charge in [-0.2, -0.15) is 0 Å². The van der Waals surface area contributed by atoms with Crippen LogP contribution in [0.25, 0.3) is 0 Å². The molecule has 1 fully saturated rings. The fourth-order valence-corrected chi connectivity index (χ4v) is 2.24. The number of ether oxygens (including phenoxy) is 1. The van der Waals surface area contributed by atoms with Crippen LogP contribution in [0.15, 0.2) is 12.4 Å². The van der Waals surface area contributed by atoms with E-state index in [1.54, 1.807) is 12.4 Å². The molecule has 0 spiro atoms. The van der Waals surface area contributed by atoms with Crippen LogP contribution >= 0.6 is 0 Å². The van der Waals surface area contributed by atoms with Crippen LogP contribution in [0, 0.1) is 5.92 Å². The second kappa shape index (κ2) is 5.25. The first-order chi connectivity index (χ1) is 7.79. The molecule has 16 heavy (non-hydrogen) atoms. The molecule has 2 unspecified atom stereocenters. The van der Waals surface area contributed by atoms with Gasteiger partial charge in [-0.25, -0.2) is 4.98 Å². The van der Waals surface area contributed by atoms with Crippen molar-refractivity contribution >= 4 is 0 Å². The molecule has 1 aromatic heterocycles. The van der Waals surface area contributed by atoms with Crippen molar-refractivity contribution in [2.24, 2.45) is 11.7 Å². The molecule has 0 aliphatic heterocycles. The van der Waals surface area contributed by atoms with Crippen molar-refractivity contribution in [2.75, 3.05) is 0 Å². The second-order valence-electron chi connectivity index (χ2n) is 4.52. The highest BCUT2D eigenvalue weighted by Gasteiger charge is 2.21. The smallest absolute Gasteiger partial charge is 0.237 e. The van der Waals surface area contributed by atoms with Gasteiger partial charge in [-0.3, -0.25) is 4.98 Å². The van der Waals surface area contributed by atoms with Crippen LogP contribution in [-0.4, -0.2) is 16.1 Å². The average molecular weight is 221 g/mol. The Bertz CT molecular complexity index is 343. The topological polar surface area (TPSA) is 61.0 Å². The van der Waals surface area contributed by atoms with Crippen LogP contribution in [0.2, 0.25) is 0 Å². The van der Waals surface area contributed by atoms with Gasteiger partial charge in [-0.1, -0.05) is 13.3 Å². The fourth-order valence-electron chi connectivity index (χ4n) is 2.24. The van der Waals surface area contributed by atoms with Crippen molar-refractivity contribution in [3.05, 3.63) is 18.1 Å². The Hall–Kier alpha value is -1.16. The SMILES string of the molecule is CC1CCCC(Oc2nccnc2CN)C1. The molecule has 88 valence electrons. The Balaban J connectivity index is 2.02. The predicted molar refractivity (Wildman–Crippen MR) is 62.0 cm³/mol. The molecule has 0 saturated heterocycles. The molecular formula is C12H19N3O. The standard InChI is InChI=1S/C12H19N3O/c1-9-3-2-4-10(7-9)16-12-11(8-13)14-5-6-15-12/h5-6,9-10H,2-4,7-8,13H2,1H3. The summed E-state index contributed by atoms with van der Waals surface area (Å²) in [5, 5.41) is 0. The van der Waals surface area contributed by atoms with Gasteiger partial charge in [0.15, 0.2) is 0 Å². The molecule has 1 saturated carbocycles. The lowest BCUT2D eigenvalue weighted by Gasteiger charge is -2.27. The zero-order valence-corrected chi connectivity index (χ0v) is 9.72. The van der Waals surface area contributed by atoms with Crippen molar-refractivity contribution in [1.29, 1.82) is 0 Å². The highest BCUT2D eigenvalue weighted by Crippen LogP contribution is 2.27. The third kappa shape index (κ3) is 2.70. The highest BCUT2D eigenvalue weighted by atomic mass is 16.5. The van der Waals surface area contributed by atoms with E-state index < -0.39 is 0 Å². The molecule has 0 radical (unpaired) electrons. The molecule has 0 amide bonds. The van der Waals surface area contributed by atoms with E-state index in [9.17, 15) is 0 Å². The van der Waals surface area contributed by atoms with Crippen LogP contribution < -0.4 is 10.5 Å². The number of hydrogen-bond acceptors (Lipinski definition) is 4. The van der Waals surface area contributed by atoms with Crippen LogP contribution in [-0.2, 0) is 6.54 Å². The van der Waals surface area contributed by atoms with Crippen LogP contribution in [0.1, 0.15) is 38.3 Å². The molecule has 2 rings (SSSR count). The van der Waals surface area contributed by atoms with Crippen molar-refractivity contribution in [3.63, 3.8) is 0 Å². The molecule has 2 N–H and O–H groups in total. The van der Waals surface area contributed by atoms with E-state index in [-0.39, 0.29) is 6.10 Å². The third-order valence-corrected chi connectivity index (χ3v) is 3.10. The van der Waals surface area contributed by atoms with Crippen LogP contribution in [0.3, 0.4) is 0 Å². The maximum atomic E-state index is 5.89. The lowest BCUT2D eigenvalue weighted by molar-refractivity contribution is 0.122. The normalized spacial score (nSPS) is 25.4. The molecule has 1 aromatic rings. The summed E-state index contributed by atoms with van der Waals surface area (Å²) in [5.74, 6) is 1.36. The molecule has 0 aromatic carbocycles. The molecule has 2 atom stereocenters. The maximum absolute atomic E-state index is 5.89. The minimum atomic E-state index is 0.283. The number of aromatic nitrogens is 2. The van der Waals surface area contributed by atoms with Crippen molar-refractivity contribution in [1.82, 2.24) is 9.97 Å². The minimum Gasteiger partial charge on any atom is -0.473 e. The molecule has 4 heteroatoms. The van der Waals surface area contributed by atoms with E-state index in [1.807, 2.05) is 0 Å². The quantitative estimate of drug-likeness (QED) is 0.846. The first-order valence-corrected chi connectivity index (χ1v) is 5.96. The van der Waals surface area contributed by atoms with Crippen molar-refractivity contribution in [3.8, 4) is 5.88 Å². The van der Waals surface area contributed by atoms with Crippen LogP contribution in [0.5, 0.6) is 5.88 Å². The van der Waals surface area contributed by atoms with E-state index >= 15 is 0 Å². The zero-order valence-electron chi connectivity index (χ0n) is 9.72. The summed E-state index contributed by atoms with van der Waals surface area (Å²) >= 11 is 0. The number of nitrogens with zero attached hydrogens (tertiary/aromatic N) is 2. The molecule has 1 heterocycles. The van der Waals surface area contributed by atoms with E-state index in [0.29, 0.717) is 12.4 Å². The van der Waals surface area contributed by atoms with Gasteiger partial charge >= 0.3 is 0 Å². The Morgan fingerprint density at radius 1 is 1.38 bits per heavy atom. The molecular weight excluding hydrogens is 202 g/mol. The summed E-state index contributed by atoms with van der Waals surface area (Å²) in [6.45, 7) is 2.65. The van der Waals surface area contributed by atoms with Gasteiger partial charge in [0.2, 0.25) is 5.88 Å². The Morgan fingerprint density at radius 3 is 2.94 bits per heavy atom. The fraction of sp³-hybridized carbons (Fsp3) is 0.667. The predicted octanol–water partition coefficient (Wildman–Crippen LogP) is 1.89. The average Bonchev–Trinajstić information content (AvgIpc) is 2.30. The van der Waals surface area contributed by atoms with E-state index in [0.717, 1.165) is 24.5 Å². The molecule has 1 aliphatic carbocycles. The number of nitrogens with two attached hydrogens (primary N) is 1. The zero-order chi connectivity index (χ0) is 11.4. The lowest BCUT2D eigenvalue weighted by Crippen LogP contribution is -2.25. The first kappa shape index (κ1) is 11.3. The first-order valence-electron chi connectivity index (χ1n) is 5.96. The summed E-state index contributed by atoms with van der Waals surface area (Å²) in [6.07, 6.45) is 8.37. The van der Waals surface area contributed by atoms with Gasteiger partial charge in [0.05, 0.1) is 0 Å². The van der Waals surface area contributed by atoms with Gasteiger partial charge in [0.1, 0.15) is 11.8 Å². The highest BCUT2D eigenvalue weighted by molar-refractivity contribution is 5.17. The minimum absolute atomic E-state index is 0.283. The maximum Gasteiger partial charge on any atom is 0.237 e. The van der Waals surface area contributed by atoms with Gasteiger partial charge < -0.3 is 10.5 Å². The largest absolute Gasteiger partial charge is 0.473 e. The van der Waals surface area contributed by atoms with E-state index in [1.165, 1.54) is 12.8 Å². The van der Waals surface area contributed by atoms with Crippen LogP contribution in [0.4, 0.5) is 0 Å². The summed E-state index contributed by atoms with van der Waals surface area (Å²) in [5.41, 5.74) is 6.35. The summed E-state index contributed by atoms with van der Waals surface area (Å²) in [4.78, 5) is 8.37. The van der Waals surface area contributed by atoms with E-state index in [4.69, 9.17) is 10.5 Å². The monoisotopic (exact) mass is 221 g/mol. The summed E-state index contributed by atoms with van der Waals surface area (Å²) in [6, 6.07) is 0. The Labute approximate surface area is 96.2 Å². The summed E-state index contributed by atoms with van der Waals surface area (Å²) in [7, 11) is 0. The van der Waals surface area contributed by atoms with Gasteiger partial charge in [-0.05, 0) is 25.2 Å². The van der Waals surface area contributed by atoms with Gasteiger partial charge in [0, 0.05) is 18.9 Å². The number of rotatable bonds is 3.